The molecule has 0 spiro atoms. The van der Waals surface area contributed by atoms with E-state index in [0.717, 1.165) is 50.3 Å². The second kappa shape index (κ2) is 13.3. The van der Waals surface area contributed by atoms with Gasteiger partial charge in [0.05, 0.1) is 0 Å². The number of benzene rings is 9. The molecule has 3 heteroatoms. The highest BCUT2D eigenvalue weighted by molar-refractivity contribution is 6.21. The minimum atomic E-state index is -0.314. The van der Waals surface area contributed by atoms with Crippen LogP contribution in [0.15, 0.2) is 173 Å². The number of nitrogens with zero attached hydrogens (tertiary/aromatic N) is 1. The van der Waals surface area contributed by atoms with E-state index < -0.39 is 0 Å². The van der Waals surface area contributed by atoms with Crippen LogP contribution in [0.3, 0.4) is 0 Å². The molecule has 11 aromatic rings. The van der Waals surface area contributed by atoms with Crippen molar-refractivity contribution in [3.63, 3.8) is 0 Å². The summed E-state index contributed by atoms with van der Waals surface area (Å²) in [4.78, 5) is 2.48. The summed E-state index contributed by atoms with van der Waals surface area (Å²) in [5.41, 5.74) is 27.0. The van der Waals surface area contributed by atoms with E-state index >= 15 is 0 Å². The molecule has 3 aliphatic carbocycles. The summed E-state index contributed by atoms with van der Waals surface area (Å²) in [5.74, 6) is 0. The second-order valence-electron chi connectivity index (χ2n) is 21.4. The molecule has 3 aliphatic rings. The fraction of sp³-hybridized carbons (Fsp3) is 0.169. The average molecular weight is 878 g/mol. The first-order valence-electron chi connectivity index (χ1n) is 24.2. The summed E-state index contributed by atoms with van der Waals surface area (Å²) in [6, 6.07) is 60.9. The van der Waals surface area contributed by atoms with Gasteiger partial charge in [-0.1, -0.05) is 162 Å². The number of para-hydroxylation sites is 2. The topological polar surface area (TPSA) is 29.5 Å². The van der Waals surface area contributed by atoms with Crippen LogP contribution in [0.5, 0.6) is 0 Å². The van der Waals surface area contributed by atoms with Crippen molar-refractivity contribution in [3.8, 4) is 44.5 Å². The van der Waals surface area contributed by atoms with Gasteiger partial charge in [0.15, 0.2) is 0 Å². The Labute approximate surface area is 397 Å². The van der Waals surface area contributed by atoms with Crippen LogP contribution in [-0.4, -0.2) is 0 Å². The molecule has 328 valence electrons. The SMILES string of the molecule is Cc1ccc(-c2cc3c(c4c2oc2ccccc24)-c2ccc(N(c4ccc(C)cc4)c4ccc5c(c4)C(C)(C)c4c6c(c7oc8ccccc8c7c4-5)-c4ccccc4C6(C)C)cc2C3(C)C)cc1. The predicted molar refractivity (Wildman–Crippen MR) is 283 cm³/mol. The molecule has 9 aromatic carbocycles. The maximum Gasteiger partial charge on any atom is 0.144 e. The van der Waals surface area contributed by atoms with Crippen LogP contribution in [0, 0.1) is 13.8 Å². The van der Waals surface area contributed by atoms with Crippen LogP contribution in [0.4, 0.5) is 17.1 Å². The van der Waals surface area contributed by atoms with Gasteiger partial charge >= 0.3 is 0 Å². The maximum absolute atomic E-state index is 6.98. The van der Waals surface area contributed by atoms with Crippen LogP contribution in [0.1, 0.15) is 86.1 Å². The molecule has 0 aliphatic heterocycles. The van der Waals surface area contributed by atoms with E-state index in [2.05, 4.69) is 224 Å². The molecular formula is C65H51NO2. The lowest BCUT2D eigenvalue weighted by Crippen LogP contribution is -2.24. The number of hydrogen-bond donors (Lipinski definition) is 0. The maximum atomic E-state index is 6.98. The molecule has 0 atom stereocenters. The zero-order chi connectivity index (χ0) is 46.2. The van der Waals surface area contributed by atoms with Crippen molar-refractivity contribution in [2.24, 2.45) is 0 Å². The zero-order valence-corrected chi connectivity index (χ0v) is 39.9. The van der Waals surface area contributed by atoms with Crippen LogP contribution in [0.25, 0.3) is 88.4 Å². The fourth-order valence-corrected chi connectivity index (χ4v) is 13.0. The van der Waals surface area contributed by atoms with Crippen molar-refractivity contribution in [1.29, 1.82) is 0 Å². The molecule has 0 bridgehead atoms. The van der Waals surface area contributed by atoms with Gasteiger partial charge in [0.2, 0.25) is 0 Å². The number of rotatable bonds is 4. The van der Waals surface area contributed by atoms with Crippen molar-refractivity contribution >= 4 is 60.9 Å². The molecule has 68 heavy (non-hydrogen) atoms. The molecule has 0 saturated carbocycles. The summed E-state index contributed by atoms with van der Waals surface area (Å²) in [5, 5.41) is 4.75. The molecule has 2 aromatic heterocycles. The van der Waals surface area contributed by atoms with Crippen LogP contribution in [0.2, 0.25) is 0 Å². The standard InChI is InChI=1S/C65H51NO2/c1-36-21-25-38(26-22-36)47-35-51-54(56-45-16-10-13-19-52(45)67-61(47)56)43-31-29-40(33-49(43)63(51,3)4)66(39-27-23-37(2)24-28-39)41-30-32-44-50(34-41)65(7,8)59-55(44)57-46-17-11-14-20-53(46)68-62(57)58-42-15-9-12-18-48(42)64(5,6)60(58)59/h9-35H,1-8H3. The van der Waals surface area contributed by atoms with E-state index in [1.807, 2.05) is 0 Å². The highest BCUT2D eigenvalue weighted by Crippen LogP contribution is 2.64. The zero-order valence-electron chi connectivity index (χ0n) is 39.9. The summed E-state index contributed by atoms with van der Waals surface area (Å²) in [7, 11) is 0. The number of hydrogen-bond acceptors (Lipinski definition) is 3. The summed E-state index contributed by atoms with van der Waals surface area (Å²) >= 11 is 0. The van der Waals surface area contributed by atoms with Gasteiger partial charge in [-0.3, -0.25) is 0 Å². The Bertz CT molecular complexity index is 4000. The van der Waals surface area contributed by atoms with Gasteiger partial charge in [0, 0.05) is 66.0 Å². The number of aryl methyl sites for hydroxylation is 2. The number of fused-ring (bicyclic) bond motifs is 19. The number of anilines is 3. The third-order valence-electron chi connectivity index (χ3n) is 16.3. The largest absolute Gasteiger partial charge is 0.455 e. The van der Waals surface area contributed by atoms with E-state index in [-0.39, 0.29) is 16.2 Å². The molecule has 14 rings (SSSR count). The minimum absolute atomic E-state index is 0.219. The van der Waals surface area contributed by atoms with Crippen molar-refractivity contribution in [2.75, 3.05) is 4.90 Å². The summed E-state index contributed by atoms with van der Waals surface area (Å²) in [6.45, 7) is 18.8. The Kier molecular flexibility index (Phi) is 7.73. The van der Waals surface area contributed by atoms with E-state index in [1.54, 1.807) is 0 Å². The average Bonchev–Trinajstić information content (AvgIpc) is 4.09. The Balaban J connectivity index is 0.984. The third kappa shape index (κ3) is 5.04. The molecule has 0 unspecified atom stereocenters. The van der Waals surface area contributed by atoms with E-state index in [0.29, 0.717) is 0 Å². The van der Waals surface area contributed by atoms with E-state index in [1.165, 1.54) is 99.6 Å². The van der Waals surface area contributed by atoms with Gasteiger partial charge < -0.3 is 13.7 Å². The Hall–Kier alpha value is -7.62. The van der Waals surface area contributed by atoms with Gasteiger partial charge in [-0.05, 0) is 135 Å². The van der Waals surface area contributed by atoms with Gasteiger partial charge in [-0.2, -0.15) is 0 Å². The van der Waals surface area contributed by atoms with Crippen molar-refractivity contribution in [3.05, 3.63) is 208 Å². The van der Waals surface area contributed by atoms with Crippen LogP contribution < -0.4 is 4.90 Å². The lowest BCUT2D eigenvalue weighted by molar-refractivity contribution is 0.600. The molecule has 2 heterocycles. The van der Waals surface area contributed by atoms with Gasteiger partial charge in [-0.25, -0.2) is 0 Å². The third-order valence-corrected chi connectivity index (χ3v) is 16.3. The second-order valence-corrected chi connectivity index (χ2v) is 21.4. The highest BCUT2D eigenvalue weighted by Gasteiger charge is 2.49. The summed E-state index contributed by atoms with van der Waals surface area (Å²) < 4.78 is 13.8. The van der Waals surface area contributed by atoms with Crippen molar-refractivity contribution in [1.82, 2.24) is 0 Å². The Morgan fingerprint density at radius 1 is 0.368 bits per heavy atom. The molecule has 0 N–H and O–H groups in total. The first-order valence-corrected chi connectivity index (χ1v) is 24.2. The lowest BCUT2D eigenvalue weighted by atomic mass is 9.72. The molecular weight excluding hydrogens is 827 g/mol. The minimum Gasteiger partial charge on any atom is -0.455 e. The highest BCUT2D eigenvalue weighted by atomic mass is 16.3. The van der Waals surface area contributed by atoms with Crippen LogP contribution >= 0.6 is 0 Å². The lowest BCUT2D eigenvalue weighted by Gasteiger charge is -2.32. The van der Waals surface area contributed by atoms with Gasteiger partial charge in [0.25, 0.3) is 0 Å². The smallest absolute Gasteiger partial charge is 0.144 e. The first-order chi connectivity index (χ1) is 32.8. The van der Waals surface area contributed by atoms with Gasteiger partial charge in [0.1, 0.15) is 22.3 Å². The van der Waals surface area contributed by atoms with Crippen LogP contribution in [-0.2, 0) is 16.2 Å². The van der Waals surface area contributed by atoms with Crippen molar-refractivity contribution < 1.29 is 8.83 Å². The monoisotopic (exact) mass is 877 g/mol. The van der Waals surface area contributed by atoms with E-state index in [9.17, 15) is 0 Å². The molecule has 0 fully saturated rings. The first kappa shape index (κ1) is 39.5. The van der Waals surface area contributed by atoms with Crippen molar-refractivity contribution in [2.45, 2.75) is 71.6 Å². The normalized spacial score (nSPS) is 15.4. The Morgan fingerprint density at radius 2 is 0.853 bits per heavy atom. The Morgan fingerprint density at radius 3 is 1.51 bits per heavy atom. The molecule has 0 radical (unpaired) electrons. The molecule has 0 amide bonds. The molecule has 0 saturated heterocycles. The quantitative estimate of drug-likeness (QED) is 0.176. The summed E-state index contributed by atoms with van der Waals surface area (Å²) in [6.07, 6.45) is 0. The number of furan rings is 2. The molecule has 3 nitrogen and oxygen atoms in total. The van der Waals surface area contributed by atoms with E-state index in [4.69, 9.17) is 8.83 Å². The predicted octanol–water partition coefficient (Wildman–Crippen LogP) is 18.2. The van der Waals surface area contributed by atoms with Gasteiger partial charge in [-0.15, -0.1) is 0 Å². The fourth-order valence-electron chi connectivity index (χ4n) is 13.0.